The van der Waals surface area contributed by atoms with Crippen LogP contribution in [0.1, 0.15) is 37.4 Å². The van der Waals surface area contributed by atoms with Gasteiger partial charge in [0.2, 0.25) is 5.91 Å². The Balaban J connectivity index is 2.09. The molecule has 4 atom stereocenters. The number of rotatable bonds is 4. The maximum Gasteiger partial charge on any atom is 0.237 e. The Labute approximate surface area is 114 Å². The molecule has 4 nitrogen and oxygen atoms in total. The molecule has 4 heteroatoms. The first-order chi connectivity index (χ1) is 9.04. The topological polar surface area (TPSA) is 75.4 Å². The van der Waals surface area contributed by atoms with Crippen molar-refractivity contribution in [2.24, 2.45) is 11.7 Å². The van der Waals surface area contributed by atoms with Gasteiger partial charge in [-0.1, -0.05) is 44.5 Å². The smallest absolute Gasteiger partial charge is 0.237 e. The van der Waals surface area contributed by atoms with Crippen molar-refractivity contribution in [3.63, 3.8) is 0 Å². The molecule has 1 aromatic carbocycles. The number of benzene rings is 1. The quantitative estimate of drug-likeness (QED) is 0.761. The Morgan fingerprint density at radius 2 is 2.21 bits per heavy atom. The van der Waals surface area contributed by atoms with Gasteiger partial charge in [0, 0.05) is 6.42 Å². The van der Waals surface area contributed by atoms with Crippen LogP contribution < -0.4 is 11.1 Å². The highest BCUT2D eigenvalue weighted by molar-refractivity contribution is 5.82. The summed E-state index contributed by atoms with van der Waals surface area (Å²) in [4.78, 5) is 12.1. The van der Waals surface area contributed by atoms with Gasteiger partial charge in [0.05, 0.1) is 18.2 Å². The number of aliphatic hydroxyl groups excluding tert-OH is 1. The van der Waals surface area contributed by atoms with Gasteiger partial charge in [-0.05, 0) is 17.0 Å². The third kappa shape index (κ3) is 2.80. The largest absolute Gasteiger partial charge is 0.390 e. The van der Waals surface area contributed by atoms with Gasteiger partial charge in [-0.15, -0.1) is 0 Å². The van der Waals surface area contributed by atoms with Crippen LogP contribution in [-0.4, -0.2) is 23.2 Å². The highest BCUT2D eigenvalue weighted by Crippen LogP contribution is 2.31. The number of nitrogens with two attached hydrogens (primary N) is 1. The van der Waals surface area contributed by atoms with Crippen molar-refractivity contribution in [1.29, 1.82) is 0 Å². The monoisotopic (exact) mass is 262 g/mol. The molecule has 0 bridgehead atoms. The summed E-state index contributed by atoms with van der Waals surface area (Å²) in [6.07, 6.45) is 0.878. The lowest BCUT2D eigenvalue weighted by atomic mass is 9.98. The number of carbonyl (C=O) groups excluding carboxylic acids is 1. The minimum absolute atomic E-state index is 0.133. The molecule has 0 saturated carbocycles. The van der Waals surface area contributed by atoms with E-state index in [9.17, 15) is 9.90 Å². The number of aliphatic hydroxyl groups is 1. The van der Waals surface area contributed by atoms with Gasteiger partial charge in [-0.2, -0.15) is 0 Å². The molecule has 104 valence electrons. The van der Waals surface area contributed by atoms with E-state index >= 15 is 0 Å². The van der Waals surface area contributed by atoms with Crippen LogP contribution in [0, 0.1) is 5.92 Å². The zero-order valence-electron chi connectivity index (χ0n) is 11.5. The van der Waals surface area contributed by atoms with Gasteiger partial charge in [-0.3, -0.25) is 4.79 Å². The van der Waals surface area contributed by atoms with Gasteiger partial charge in [-0.25, -0.2) is 0 Å². The van der Waals surface area contributed by atoms with E-state index in [1.807, 2.05) is 38.1 Å². The Kier molecular flexibility index (Phi) is 4.22. The van der Waals surface area contributed by atoms with Crippen molar-refractivity contribution < 1.29 is 9.90 Å². The standard InChI is InChI=1S/C15H22N2O2/c1-3-9(2)13(16)15(19)17-14-11-7-5-4-6-10(11)8-12(14)18/h4-7,9,12-14,18H,3,8,16H2,1-2H3,(H,17,19)/t9?,12-,13?,14+/m1/s1. The second kappa shape index (κ2) is 5.72. The lowest BCUT2D eigenvalue weighted by molar-refractivity contribution is -0.124. The van der Waals surface area contributed by atoms with E-state index in [2.05, 4.69) is 5.32 Å². The summed E-state index contributed by atoms with van der Waals surface area (Å²) in [6, 6.07) is 6.94. The fourth-order valence-corrected chi connectivity index (χ4v) is 2.51. The SMILES string of the molecule is CCC(C)C(N)C(=O)N[C@H]1c2ccccc2C[C@H]1O. The van der Waals surface area contributed by atoms with E-state index in [0.717, 1.165) is 17.5 Å². The van der Waals surface area contributed by atoms with Crippen LogP contribution in [0.5, 0.6) is 0 Å². The Morgan fingerprint density at radius 3 is 2.89 bits per heavy atom. The predicted molar refractivity (Wildman–Crippen MR) is 74.5 cm³/mol. The van der Waals surface area contributed by atoms with Crippen LogP contribution in [0.15, 0.2) is 24.3 Å². The molecule has 0 aromatic heterocycles. The summed E-state index contributed by atoms with van der Waals surface area (Å²) in [5, 5.41) is 13.0. The van der Waals surface area contributed by atoms with Gasteiger partial charge >= 0.3 is 0 Å². The highest BCUT2D eigenvalue weighted by atomic mass is 16.3. The molecule has 1 aliphatic carbocycles. The number of nitrogens with one attached hydrogen (secondary N) is 1. The molecule has 0 spiro atoms. The Bertz CT molecular complexity index is 461. The number of carbonyl (C=O) groups is 1. The molecule has 1 amide bonds. The van der Waals surface area contributed by atoms with Crippen molar-refractivity contribution in [3.8, 4) is 0 Å². The lowest BCUT2D eigenvalue weighted by Gasteiger charge is -2.23. The lowest BCUT2D eigenvalue weighted by Crippen LogP contribution is -2.47. The Morgan fingerprint density at radius 1 is 1.53 bits per heavy atom. The highest BCUT2D eigenvalue weighted by Gasteiger charge is 2.33. The molecule has 1 aliphatic rings. The molecular formula is C15H22N2O2. The minimum atomic E-state index is -0.564. The van der Waals surface area contributed by atoms with Crippen molar-refractivity contribution in [2.45, 2.75) is 44.9 Å². The van der Waals surface area contributed by atoms with Crippen molar-refractivity contribution in [3.05, 3.63) is 35.4 Å². The average Bonchev–Trinajstić information content (AvgIpc) is 2.73. The maximum absolute atomic E-state index is 12.1. The second-order valence-corrected chi connectivity index (χ2v) is 5.37. The number of amides is 1. The number of fused-ring (bicyclic) bond motifs is 1. The molecule has 1 aromatic rings. The van der Waals surface area contributed by atoms with E-state index in [1.54, 1.807) is 0 Å². The van der Waals surface area contributed by atoms with Gasteiger partial charge < -0.3 is 16.2 Å². The van der Waals surface area contributed by atoms with E-state index in [4.69, 9.17) is 5.73 Å². The minimum Gasteiger partial charge on any atom is -0.390 e. The van der Waals surface area contributed by atoms with Crippen molar-refractivity contribution >= 4 is 5.91 Å². The van der Waals surface area contributed by atoms with Crippen LogP contribution >= 0.6 is 0 Å². The summed E-state index contributed by atoms with van der Waals surface area (Å²) in [6.45, 7) is 3.97. The fourth-order valence-electron chi connectivity index (χ4n) is 2.51. The summed E-state index contributed by atoms with van der Waals surface area (Å²) in [5.74, 6) is -0.0520. The molecule has 0 fully saturated rings. The van der Waals surface area contributed by atoms with Crippen LogP contribution in [-0.2, 0) is 11.2 Å². The van der Waals surface area contributed by atoms with E-state index < -0.39 is 12.1 Å². The third-order valence-electron chi connectivity index (χ3n) is 4.06. The van der Waals surface area contributed by atoms with Gasteiger partial charge in [0.1, 0.15) is 0 Å². The van der Waals surface area contributed by atoms with Crippen LogP contribution in [0.25, 0.3) is 0 Å². The van der Waals surface area contributed by atoms with Gasteiger partial charge in [0.25, 0.3) is 0 Å². The van der Waals surface area contributed by atoms with E-state index in [1.165, 1.54) is 0 Å². The summed E-state index contributed by atoms with van der Waals surface area (Å²) >= 11 is 0. The van der Waals surface area contributed by atoms with E-state index in [-0.39, 0.29) is 17.9 Å². The first-order valence-corrected chi connectivity index (χ1v) is 6.86. The molecule has 0 aliphatic heterocycles. The zero-order valence-corrected chi connectivity index (χ0v) is 11.5. The average molecular weight is 262 g/mol. The van der Waals surface area contributed by atoms with Crippen molar-refractivity contribution in [1.82, 2.24) is 5.32 Å². The summed E-state index contributed by atoms with van der Waals surface area (Å²) in [5.41, 5.74) is 8.02. The van der Waals surface area contributed by atoms with E-state index in [0.29, 0.717) is 6.42 Å². The molecule has 19 heavy (non-hydrogen) atoms. The predicted octanol–water partition coefficient (Wildman–Crippen LogP) is 1.13. The third-order valence-corrected chi connectivity index (χ3v) is 4.06. The fraction of sp³-hybridized carbons (Fsp3) is 0.533. The van der Waals surface area contributed by atoms with Gasteiger partial charge in [0.15, 0.2) is 0 Å². The molecule has 4 N–H and O–H groups in total. The molecule has 2 rings (SSSR count). The normalized spacial score (nSPS) is 24.6. The molecule has 0 heterocycles. The molecular weight excluding hydrogens is 240 g/mol. The van der Waals surface area contributed by atoms with Crippen LogP contribution in [0.4, 0.5) is 0 Å². The molecule has 2 unspecified atom stereocenters. The van der Waals surface area contributed by atoms with Crippen LogP contribution in [0.3, 0.4) is 0 Å². The number of hydrogen-bond acceptors (Lipinski definition) is 3. The van der Waals surface area contributed by atoms with Crippen molar-refractivity contribution in [2.75, 3.05) is 0 Å². The zero-order chi connectivity index (χ0) is 14.0. The maximum atomic E-state index is 12.1. The number of hydrogen-bond donors (Lipinski definition) is 3. The Hall–Kier alpha value is -1.39. The van der Waals surface area contributed by atoms with Crippen LogP contribution in [0.2, 0.25) is 0 Å². The first kappa shape index (κ1) is 14.0. The molecule has 0 radical (unpaired) electrons. The second-order valence-electron chi connectivity index (χ2n) is 5.37. The summed E-state index contributed by atoms with van der Waals surface area (Å²) < 4.78 is 0. The molecule has 0 saturated heterocycles. The summed E-state index contributed by atoms with van der Waals surface area (Å²) in [7, 11) is 0. The first-order valence-electron chi connectivity index (χ1n) is 6.86.